The average Bonchev–Trinajstić information content (AvgIpc) is 3.20. The van der Waals surface area contributed by atoms with Gasteiger partial charge in [-0.15, -0.1) is 0 Å². The van der Waals surface area contributed by atoms with Crippen molar-refractivity contribution >= 4 is 10.9 Å². The van der Waals surface area contributed by atoms with Crippen molar-refractivity contribution in [2.24, 2.45) is 5.92 Å². The monoisotopic (exact) mass is 514 g/mol. The van der Waals surface area contributed by atoms with E-state index in [9.17, 15) is 14.0 Å². The van der Waals surface area contributed by atoms with E-state index in [-0.39, 0.29) is 43.1 Å². The van der Waals surface area contributed by atoms with Crippen molar-refractivity contribution in [2.75, 3.05) is 39.5 Å². The highest BCUT2D eigenvalue weighted by atomic mass is 19.1. The first-order chi connectivity index (χ1) is 17.7. The van der Waals surface area contributed by atoms with Gasteiger partial charge in [0, 0.05) is 72.4 Å². The van der Waals surface area contributed by atoms with E-state index in [2.05, 4.69) is 4.98 Å². The number of benzene rings is 2. The zero-order valence-electron chi connectivity index (χ0n) is 20.9. The molecule has 0 saturated carbocycles. The van der Waals surface area contributed by atoms with Gasteiger partial charge in [0.05, 0.1) is 12.7 Å². The summed E-state index contributed by atoms with van der Waals surface area (Å²) in [6.45, 7) is 4.46. The van der Waals surface area contributed by atoms with Gasteiger partial charge in [-0.1, -0.05) is 18.2 Å². The summed E-state index contributed by atoms with van der Waals surface area (Å²) in [6, 6.07) is 10.4. The molecule has 2 aliphatic rings. The molecule has 1 fully saturated rings. The van der Waals surface area contributed by atoms with Crippen LogP contribution in [0.15, 0.2) is 36.4 Å². The van der Waals surface area contributed by atoms with Crippen molar-refractivity contribution < 1.29 is 22.3 Å². The molecule has 0 unspecified atom stereocenters. The summed E-state index contributed by atoms with van der Waals surface area (Å²) in [5, 5.41) is 10.3. The molecule has 5 nitrogen and oxygen atoms in total. The normalized spacial score (nSPS) is 22.3. The van der Waals surface area contributed by atoms with Crippen LogP contribution in [0.4, 0.5) is 17.6 Å². The van der Waals surface area contributed by atoms with Crippen LogP contribution < -0.4 is 4.74 Å². The van der Waals surface area contributed by atoms with Crippen molar-refractivity contribution in [1.82, 2.24) is 14.8 Å². The second kappa shape index (κ2) is 9.99. The molecule has 2 aliphatic heterocycles. The molecular formula is C28H30F4N4O. The average molecular weight is 515 g/mol. The Morgan fingerprint density at radius 2 is 1.89 bits per heavy atom. The van der Waals surface area contributed by atoms with Crippen LogP contribution in [0, 0.1) is 28.9 Å². The van der Waals surface area contributed by atoms with E-state index < -0.39 is 23.3 Å². The van der Waals surface area contributed by atoms with Gasteiger partial charge in [-0.25, -0.2) is 13.2 Å². The first-order valence-electron chi connectivity index (χ1n) is 12.6. The summed E-state index contributed by atoms with van der Waals surface area (Å²) < 4.78 is 64.5. The van der Waals surface area contributed by atoms with Crippen LogP contribution in [0.3, 0.4) is 0 Å². The Morgan fingerprint density at radius 3 is 2.57 bits per heavy atom. The topological polar surface area (TPSA) is 55.3 Å². The number of likely N-dealkylation sites (tertiary alicyclic amines) is 1. The largest absolute Gasteiger partial charge is 0.492 e. The number of fused-ring (bicyclic) bond motifs is 3. The van der Waals surface area contributed by atoms with E-state index in [1.807, 2.05) is 36.1 Å². The Morgan fingerprint density at radius 1 is 1.19 bits per heavy atom. The van der Waals surface area contributed by atoms with Crippen LogP contribution in [-0.4, -0.2) is 66.0 Å². The summed E-state index contributed by atoms with van der Waals surface area (Å²) in [7, 11) is 0. The Bertz CT molecular complexity index is 1300. The van der Waals surface area contributed by atoms with Crippen LogP contribution >= 0.6 is 0 Å². The number of aromatic nitrogens is 1. The number of para-hydroxylation sites is 1. The van der Waals surface area contributed by atoms with Gasteiger partial charge in [0.25, 0.3) is 0 Å². The Hall–Kier alpha value is -3.09. The SMILES string of the molecule is C[C@@H]1Cc2c([nH]c3ccccc23)[C@@H](c2c(F)cc(OCCN3CC(CF)C3)cc2F)N1C[C@](C)(F)C#N. The van der Waals surface area contributed by atoms with Crippen molar-refractivity contribution in [3.63, 3.8) is 0 Å². The second-order valence-electron chi connectivity index (χ2n) is 10.4. The maximum absolute atomic E-state index is 15.6. The third kappa shape index (κ3) is 4.92. The fourth-order valence-corrected chi connectivity index (χ4v) is 5.60. The number of nitriles is 1. The number of halogens is 4. The fraction of sp³-hybridized carbons (Fsp3) is 0.464. The zero-order valence-corrected chi connectivity index (χ0v) is 20.9. The Balaban J connectivity index is 1.48. The zero-order chi connectivity index (χ0) is 26.3. The molecule has 0 bridgehead atoms. The van der Waals surface area contributed by atoms with Crippen LogP contribution in [0.1, 0.15) is 36.7 Å². The summed E-state index contributed by atoms with van der Waals surface area (Å²) >= 11 is 0. The predicted molar refractivity (Wildman–Crippen MR) is 133 cm³/mol. The van der Waals surface area contributed by atoms with Gasteiger partial charge in [0.2, 0.25) is 5.67 Å². The van der Waals surface area contributed by atoms with Gasteiger partial charge < -0.3 is 9.72 Å². The van der Waals surface area contributed by atoms with Gasteiger partial charge in [-0.2, -0.15) is 5.26 Å². The summed E-state index contributed by atoms with van der Waals surface area (Å²) in [5.74, 6) is -1.50. The van der Waals surface area contributed by atoms with E-state index in [1.165, 1.54) is 6.92 Å². The molecule has 1 N–H and O–H groups in total. The highest BCUT2D eigenvalue weighted by Crippen LogP contribution is 2.43. The number of nitrogens with one attached hydrogen (secondary N) is 1. The van der Waals surface area contributed by atoms with E-state index >= 15 is 8.78 Å². The molecule has 9 heteroatoms. The molecule has 0 radical (unpaired) electrons. The lowest BCUT2D eigenvalue weighted by Crippen LogP contribution is -2.49. The second-order valence-corrected chi connectivity index (χ2v) is 10.4. The van der Waals surface area contributed by atoms with Gasteiger partial charge in [-0.3, -0.25) is 14.2 Å². The van der Waals surface area contributed by atoms with E-state index in [4.69, 9.17) is 4.74 Å². The molecule has 2 aromatic carbocycles. The molecule has 0 aliphatic carbocycles. The standard InChI is InChI=1S/C28H30F4N4O/c1-17-9-21-20-5-3-4-6-24(20)34-26(21)27(36(17)16-28(2,32)15-33)25-22(30)10-19(11-23(25)31)37-8-7-35-13-18(12-29)14-35/h3-6,10-11,17-18,27,34H,7-9,12-14,16H2,1-2H3/t17-,27-,28-/m1/s1. The van der Waals surface area contributed by atoms with Crippen molar-refractivity contribution in [1.29, 1.82) is 5.26 Å². The third-order valence-corrected chi connectivity index (χ3v) is 7.48. The highest BCUT2D eigenvalue weighted by Gasteiger charge is 2.42. The number of ether oxygens (including phenoxy) is 1. The molecule has 3 heterocycles. The van der Waals surface area contributed by atoms with Gasteiger partial charge in [-0.05, 0) is 31.9 Å². The molecule has 37 heavy (non-hydrogen) atoms. The van der Waals surface area contributed by atoms with Crippen LogP contribution in [-0.2, 0) is 6.42 Å². The lowest BCUT2D eigenvalue weighted by atomic mass is 9.87. The molecule has 196 valence electrons. The number of nitrogens with zero attached hydrogens (tertiary/aromatic N) is 3. The number of H-pyrrole nitrogens is 1. The van der Waals surface area contributed by atoms with E-state index in [0.29, 0.717) is 31.7 Å². The third-order valence-electron chi connectivity index (χ3n) is 7.48. The number of hydrogen-bond acceptors (Lipinski definition) is 4. The number of alkyl halides is 2. The lowest BCUT2D eigenvalue weighted by Gasteiger charge is -2.42. The predicted octanol–water partition coefficient (Wildman–Crippen LogP) is 5.31. The minimum atomic E-state index is -2.20. The molecule has 1 saturated heterocycles. The number of hydrogen-bond donors (Lipinski definition) is 1. The molecule has 3 atom stereocenters. The van der Waals surface area contributed by atoms with Crippen LogP contribution in [0.25, 0.3) is 10.9 Å². The van der Waals surface area contributed by atoms with Gasteiger partial charge in [0.15, 0.2) is 0 Å². The number of aromatic amines is 1. The van der Waals surface area contributed by atoms with E-state index in [0.717, 1.165) is 28.6 Å². The minimum Gasteiger partial charge on any atom is -0.492 e. The molecule has 1 aromatic heterocycles. The smallest absolute Gasteiger partial charge is 0.206 e. The molecular weight excluding hydrogens is 484 g/mol. The van der Waals surface area contributed by atoms with Crippen molar-refractivity contribution in [2.45, 2.75) is 38.0 Å². The van der Waals surface area contributed by atoms with Gasteiger partial charge in [0.1, 0.15) is 30.1 Å². The van der Waals surface area contributed by atoms with E-state index in [1.54, 1.807) is 11.0 Å². The lowest BCUT2D eigenvalue weighted by molar-refractivity contribution is 0.0666. The maximum Gasteiger partial charge on any atom is 0.206 e. The molecule has 0 amide bonds. The van der Waals surface area contributed by atoms with Crippen molar-refractivity contribution in [3.05, 3.63) is 64.9 Å². The highest BCUT2D eigenvalue weighted by molar-refractivity contribution is 5.85. The first-order valence-corrected chi connectivity index (χ1v) is 12.6. The van der Waals surface area contributed by atoms with Gasteiger partial charge >= 0.3 is 0 Å². The minimum absolute atomic E-state index is 0.0525. The number of rotatable bonds is 8. The van der Waals surface area contributed by atoms with Crippen LogP contribution in [0.5, 0.6) is 5.75 Å². The molecule has 3 aromatic rings. The molecule has 5 rings (SSSR count). The Kier molecular flexibility index (Phi) is 6.90. The molecule has 0 spiro atoms. The summed E-state index contributed by atoms with van der Waals surface area (Å²) in [6.07, 6.45) is 0.543. The van der Waals surface area contributed by atoms with Crippen molar-refractivity contribution in [3.8, 4) is 11.8 Å². The quantitative estimate of drug-likeness (QED) is 0.414. The first kappa shape index (κ1) is 25.6. The summed E-state index contributed by atoms with van der Waals surface area (Å²) in [5.41, 5.74) is -0.0586. The maximum atomic E-state index is 15.6. The van der Waals surface area contributed by atoms with Crippen LogP contribution in [0.2, 0.25) is 0 Å². The fourth-order valence-electron chi connectivity index (χ4n) is 5.60. The summed E-state index contributed by atoms with van der Waals surface area (Å²) in [4.78, 5) is 6.99. The Labute approximate surface area is 213 Å².